The van der Waals surface area contributed by atoms with Crippen LogP contribution in [0, 0.1) is 5.92 Å². The van der Waals surface area contributed by atoms with Crippen molar-refractivity contribution >= 4 is 17.3 Å². The average molecular weight is 304 g/mol. The van der Waals surface area contributed by atoms with Crippen LogP contribution in [-0.4, -0.2) is 39.3 Å². The van der Waals surface area contributed by atoms with Crippen LogP contribution < -0.4 is 15.0 Å². The maximum Gasteiger partial charge on any atom is 0.227 e. The van der Waals surface area contributed by atoms with Gasteiger partial charge in [-0.3, -0.25) is 4.79 Å². The lowest BCUT2D eigenvalue weighted by atomic mass is 10.1. The van der Waals surface area contributed by atoms with Crippen LogP contribution in [0.15, 0.2) is 18.2 Å². The van der Waals surface area contributed by atoms with Crippen molar-refractivity contribution in [1.29, 1.82) is 0 Å². The number of nitrogens with one attached hydrogen (secondary N) is 1. The Morgan fingerprint density at radius 3 is 2.68 bits per heavy atom. The maximum atomic E-state index is 12.4. The second-order valence-electron chi connectivity index (χ2n) is 5.95. The van der Waals surface area contributed by atoms with Gasteiger partial charge >= 0.3 is 0 Å². The Bertz CT molecular complexity index is 521. The lowest BCUT2D eigenvalue weighted by Gasteiger charge is -2.29. The first kappa shape index (κ1) is 15.2. The number of hydrogen-bond acceptors (Lipinski definition) is 4. The van der Waals surface area contributed by atoms with Gasteiger partial charge in [-0.25, -0.2) is 0 Å². The minimum atomic E-state index is 0.120. The molecule has 1 heterocycles. The SMILES string of the molecule is COc1ccc(N2CCOCC2)cc1NC(=O)C1CCCC1. The molecule has 3 rings (SSSR count). The Balaban J connectivity index is 1.76. The number of ether oxygens (including phenoxy) is 2. The van der Waals surface area contributed by atoms with Crippen molar-refractivity contribution < 1.29 is 14.3 Å². The molecule has 2 fully saturated rings. The summed E-state index contributed by atoms with van der Waals surface area (Å²) in [5.41, 5.74) is 1.87. The number of rotatable bonds is 4. The summed E-state index contributed by atoms with van der Waals surface area (Å²) in [6, 6.07) is 5.97. The van der Waals surface area contributed by atoms with E-state index >= 15 is 0 Å². The van der Waals surface area contributed by atoms with Crippen molar-refractivity contribution in [3.8, 4) is 5.75 Å². The molecule has 2 aliphatic rings. The van der Waals surface area contributed by atoms with Crippen LogP contribution in [0.2, 0.25) is 0 Å². The summed E-state index contributed by atoms with van der Waals surface area (Å²) in [5, 5.41) is 3.06. The third-order valence-electron chi connectivity index (χ3n) is 4.54. The van der Waals surface area contributed by atoms with E-state index in [0.29, 0.717) is 5.75 Å². The van der Waals surface area contributed by atoms with Crippen LogP contribution >= 0.6 is 0 Å². The van der Waals surface area contributed by atoms with E-state index in [0.717, 1.165) is 63.4 Å². The maximum absolute atomic E-state index is 12.4. The summed E-state index contributed by atoms with van der Waals surface area (Å²) in [6.07, 6.45) is 4.31. The Labute approximate surface area is 131 Å². The molecule has 0 unspecified atom stereocenters. The molecule has 1 aromatic rings. The van der Waals surface area contributed by atoms with Gasteiger partial charge in [0.05, 0.1) is 26.0 Å². The normalized spacial score (nSPS) is 19.2. The highest BCUT2D eigenvalue weighted by Crippen LogP contribution is 2.32. The fourth-order valence-electron chi connectivity index (χ4n) is 3.23. The van der Waals surface area contributed by atoms with Crippen LogP contribution in [0.4, 0.5) is 11.4 Å². The van der Waals surface area contributed by atoms with Crippen LogP contribution in [0.3, 0.4) is 0 Å². The first-order valence-electron chi connectivity index (χ1n) is 8.09. The molecule has 120 valence electrons. The van der Waals surface area contributed by atoms with Gasteiger partial charge < -0.3 is 19.7 Å². The van der Waals surface area contributed by atoms with Crippen LogP contribution in [-0.2, 0) is 9.53 Å². The molecule has 0 bridgehead atoms. The Kier molecular flexibility index (Phi) is 4.83. The lowest BCUT2D eigenvalue weighted by Crippen LogP contribution is -2.36. The fourth-order valence-corrected chi connectivity index (χ4v) is 3.23. The van der Waals surface area contributed by atoms with Gasteiger partial charge in [-0.15, -0.1) is 0 Å². The zero-order valence-corrected chi connectivity index (χ0v) is 13.1. The van der Waals surface area contributed by atoms with Gasteiger partial charge in [0.1, 0.15) is 5.75 Å². The number of carbonyl (C=O) groups excluding carboxylic acids is 1. The van der Waals surface area contributed by atoms with E-state index in [1.807, 2.05) is 18.2 Å². The number of anilines is 2. The molecular weight excluding hydrogens is 280 g/mol. The van der Waals surface area contributed by atoms with Crippen molar-refractivity contribution in [3.05, 3.63) is 18.2 Å². The van der Waals surface area contributed by atoms with E-state index in [-0.39, 0.29) is 11.8 Å². The molecule has 0 spiro atoms. The molecular formula is C17H24N2O3. The smallest absolute Gasteiger partial charge is 0.227 e. The Hall–Kier alpha value is -1.75. The van der Waals surface area contributed by atoms with Crippen molar-refractivity contribution in [2.24, 2.45) is 5.92 Å². The van der Waals surface area contributed by atoms with Gasteiger partial charge in [0.25, 0.3) is 0 Å². The number of morpholine rings is 1. The summed E-state index contributed by atoms with van der Waals surface area (Å²) in [5.74, 6) is 0.982. The molecule has 5 nitrogen and oxygen atoms in total. The predicted octanol–water partition coefficient (Wildman–Crippen LogP) is 2.66. The molecule has 1 aliphatic heterocycles. The molecule has 5 heteroatoms. The zero-order valence-electron chi connectivity index (χ0n) is 13.1. The average Bonchev–Trinajstić information content (AvgIpc) is 3.10. The van der Waals surface area contributed by atoms with Gasteiger partial charge in [-0.2, -0.15) is 0 Å². The van der Waals surface area contributed by atoms with Gasteiger partial charge in [-0.1, -0.05) is 12.8 Å². The van der Waals surface area contributed by atoms with E-state index < -0.39 is 0 Å². The molecule has 0 atom stereocenters. The summed E-state index contributed by atoms with van der Waals surface area (Å²) in [6.45, 7) is 3.25. The first-order valence-corrected chi connectivity index (χ1v) is 8.09. The van der Waals surface area contributed by atoms with E-state index in [1.54, 1.807) is 7.11 Å². The molecule has 1 saturated heterocycles. The van der Waals surface area contributed by atoms with Crippen molar-refractivity contribution in [2.45, 2.75) is 25.7 Å². The number of nitrogens with zero attached hydrogens (tertiary/aromatic N) is 1. The molecule has 1 amide bonds. The number of hydrogen-bond donors (Lipinski definition) is 1. The Morgan fingerprint density at radius 2 is 2.00 bits per heavy atom. The Morgan fingerprint density at radius 1 is 1.27 bits per heavy atom. The van der Waals surface area contributed by atoms with Gasteiger partial charge in [0.2, 0.25) is 5.91 Å². The third kappa shape index (κ3) is 3.35. The van der Waals surface area contributed by atoms with E-state index in [9.17, 15) is 4.79 Å². The van der Waals surface area contributed by atoms with Crippen molar-refractivity contribution in [1.82, 2.24) is 0 Å². The van der Waals surface area contributed by atoms with E-state index in [4.69, 9.17) is 9.47 Å². The molecule has 1 aromatic carbocycles. The third-order valence-corrected chi connectivity index (χ3v) is 4.54. The largest absolute Gasteiger partial charge is 0.495 e. The molecule has 1 N–H and O–H groups in total. The molecule has 0 radical (unpaired) electrons. The van der Waals surface area contributed by atoms with Gasteiger partial charge in [0, 0.05) is 24.7 Å². The number of methoxy groups -OCH3 is 1. The van der Waals surface area contributed by atoms with Crippen LogP contribution in [0.1, 0.15) is 25.7 Å². The van der Waals surface area contributed by atoms with Crippen LogP contribution in [0.25, 0.3) is 0 Å². The molecule has 22 heavy (non-hydrogen) atoms. The first-order chi connectivity index (χ1) is 10.8. The fraction of sp³-hybridized carbons (Fsp3) is 0.588. The highest BCUT2D eigenvalue weighted by Gasteiger charge is 2.24. The zero-order chi connectivity index (χ0) is 15.4. The topological polar surface area (TPSA) is 50.8 Å². The van der Waals surface area contributed by atoms with E-state index in [2.05, 4.69) is 10.2 Å². The monoisotopic (exact) mass is 304 g/mol. The number of carbonyl (C=O) groups is 1. The minimum absolute atomic E-state index is 0.120. The number of benzene rings is 1. The van der Waals surface area contributed by atoms with Crippen molar-refractivity contribution in [2.75, 3.05) is 43.6 Å². The highest BCUT2D eigenvalue weighted by molar-refractivity contribution is 5.94. The summed E-state index contributed by atoms with van der Waals surface area (Å²) >= 11 is 0. The standard InChI is InChI=1S/C17H24N2O3/c1-21-16-7-6-14(19-8-10-22-11-9-19)12-15(16)18-17(20)13-4-2-3-5-13/h6-7,12-13H,2-5,8-11H2,1H3,(H,18,20). The van der Waals surface area contributed by atoms with Crippen LogP contribution in [0.5, 0.6) is 5.75 Å². The summed E-state index contributed by atoms with van der Waals surface area (Å²) < 4.78 is 10.8. The minimum Gasteiger partial charge on any atom is -0.495 e. The second-order valence-corrected chi connectivity index (χ2v) is 5.95. The summed E-state index contributed by atoms with van der Waals surface area (Å²) in [4.78, 5) is 14.6. The second kappa shape index (κ2) is 7.01. The molecule has 0 aromatic heterocycles. The predicted molar refractivity (Wildman–Crippen MR) is 86.6 cm³/mol. The van der Waals surface area contributed by atoms with E-state index in [1.165, 1.54) is 0 Å². The van der Waals surface area contributed by atoms with Gasteiger partial charge in [0.15, 0.2) is 0 Å². The molecule has 1 saturated carbocycles. The highest BCUT2D eigenvalue weighted by atomic mass is 16.5. The lowest BCUT2D eigenvalue weighted by molar-refractivity contribution is -0.119. The van der Waals surface area contributed by atoms with Crippen molar-refractivity contribution in [3.63, 3.8) is 0 Å². The summed E-state index contributed by atoms with van der Waals surface area (Å²) in [7, 11) is 1.63. The van der Waals surface area contributed by atoms with Gasteiger partial charge in [-0.05, 0) is 31.0 Å². The number of amides is 1. The molecule has 1 aliphatic carbocycles. The quantitative estimate of drug-likeness (QED) is 0.929.